The molecule has 2 N–H and O–H groups in total. The van der Waals surface area contributed by atoms with Crippen molar-refractivity contribution in [3.63, 3.8) is 0 Å². The van der Waals surface area contributed by atoms with Gasteiger partial charge in [0.15, 0.2) is 0 Å². The molecule has 0 bridgehead atoms. The molecule has 0 saturated carbocycles. The lowest BCUT2D eigenvalue weighted by atomic mass is 10.1. The first-order chi connectivity index (χ1) is 7.54. The van der Waals surface area contributed by atoms with Gasteiger partial charge in [-0.1, -0.05) is 0 Å². The summed E-state index contributed by atoms with van der Waals surface area (Å²) in [6, 6.07) is -0.905. The molecule has 0 aromatic rings. The molecule has 7 nitrogen and oxygen atoms in total. The van der Waals surface area contributed by atoms with Gasteiger partial charge in [0.2, 0.25) is 11.8 Å². The fourth-order valence-corrected chi connectivity index (χ4v) is 1.33. The highest BCUT2D eigenvalue weighted by molar-refractivity contribution is 5.99. The Kier molecular flexibility index (Phi) is 3.98. The van der Waals surface area contributed by atoms with Gasteiger partial charge in [0, 0.05) is 19.4 Å². The van der Waals surface area contributed by atoms with Crippen molar-refractivity contribution < 1.29 is 24.3 Å². The van der Waals surface area contributed by atoms with Crippen LogP contribution in [0.25, 0.3) is 0 Å². The molecule has 1 saturated heterocycles. The molecule has 1 atom stereocenters. The molecular formula is C9H12N2O5. The summed E-state index contributed by atoms with van der Waals surface area (Å²) >= 11 is 0. The van der Waals surface area contributed by atoms with E-state index in [-0.39, 0.29) is 24.7 Å². The van der Waals surface area contributed by atoms with Crippen molar-refractivity contribution in [2.45, 2.75) is 25.3 Å². The minimum Gasteiger partial charge on any atom is -0.465 e. The average molecular weight is 228 g/mol. The van der Waals surface area contributed by atoms with E-state index in [4.69, 9.17) is 5.11 Å². The van der Waals surface area contributed by atoms with Gasteiger partial charge in [-0.2, -0.15) is 0 Å². The lowest BCUT2D eigenvalue weighted by molar-refractivity contribution is -0.152. The van der Waals surface area contributed by atoms with Crippen LogP contribution in [0.5, 0.6) is 0 Å². The fraction of sp³-hybridized carbons (Fsp3) is 0.556. The van der Waals surface area contributed by atoms with Crippen LogP contribution in [-0.4, -0.2) is 46.8 Å². The zero-order valence-corrected chi connectivity index (χ0v) is 8.51. The first-order valence-corrected chi connectivity index (χ1v) is 4.82. The van der Waals surface area contributed by atoms with Gasteiger partial charge < -0.3 is 15.2 Å². The van der Waals surface area contributed by atoms with Crippen LogP contribution in [0.1, 0.15) is 19.3 Å². The third kappa shape index (κ3) is 3.04. The molecule has 0 aliphatic carbocycles. The van der Waals surface area contributed by atoms with Crippen LogP contribution in [0.2, 0.25) is 0 Å². The van der Waals surface area contributed by atoms with Crippen LogP contribution in [0.15, 0.2) is 0 Å². The van der Waals surface area contributed by atoms with Crippen LogP contribution in [0, 0.1) is 0 Å². The largest absolute Gasteiger partial charge is 0.465 e. The van der Waals surface area contributed by atoms with Crippen molar-refractivity contribution in [3.05, 3.63) is 0 Å². The Bertz CT molecular complexity index is 328. The number of amides is 3. The number of aldehydes is 1. The number of hydrogen-bond donors (Lipinski definition) is 2. The van der Waals surface area contributed by atoms with E-state index in [0.717, 1.165) is 4.90 Å². The van der Waals surface area contributed by atoms with Gasteiger partial charge in [0.1, 0.15) is 6.29 Å². The van der Waals surface area contributed by atoms with Crippen molar-refractivity contribution in [2.24, 2.45) is 0 Å². The standard InChI is InChI=1S/C9H12N2O5/c12-5-6(10-9(15)16)1-2-7(13)11-4-3-8(11)14/h5-6,10H,1-4H2,(H,15,16). The monoisotopic (exact) mass is 228 g/mol. The van der Waals surface area contributed by atoms with E-state index in [1.165, 1.54) is 0 Å². The number of carbonyl (C=O) groups excluding carboxylic acids is 3. The fourth-order valence-electron chi connectivity index (χ4n) is 1.33. The molecule has 16 heavy (non-hydrogen) atoms. The van der Waals surface area contributed by atoms with E-state index in [2.05, 4.69) is 0 Å². The highest BCUT2D eigenvalue weighted by atomic mass is 16.4. The van der Waals surface area contributed by atoms with Gasteiger partial charge in [-0.15, -0.1) is 0 Å². The van der Waals surface area contributed by atoms with E-state index in [9.17, 15) is 19.2 Å². The predicted molar refractivity (Wildman–Crippen MR) is 51.6 cm³/mol. The number of rotatable bonds is 5. The number of likely N-dealkylation sites (tertiary alicyclic amines) is 1. The minimum absolute atomic E-state index is 0.0184. The maximum absolute atomic E-state index is 11.4. The summed E-state index contributed by atoms with van der Waals surface area (Å²) in [5, 5.41) is 10.3. The molecule has 0 radical (unpaired) electrons. The van der Waals surface area contributed by atoms with Crippen LogP contribution in [0.3, 0.4) is 0 Å². The second-order valence-electron chi connectivity index (χ2n) is 3.42. The Morgan fingerprint density at radius 1 is 1.56 bits per heavy atom. The van der Waals surface area contributed by atoms with E-state index >= 15 is 0 Å². The number of β-lactam (4-membered cyclic amide) rings is 1. The van der Waals surface area contributed by atoms with E-state index in [1.54, 1.807) is 0 Å². The first kappa shape index (κ1) is 12.2. The third-order valence-corrected chi connectivity index (χ3v) is 2.29. The third-order valence-electron chi connectivity index (χ3n) is 2.29. The maximum atomic E-state index is 11.4. The van der Waals surface area contributed by atoms with Crippen LogP contribution in [0.4, 0.5) is 4.79 Å². The van der Waals surface area contributed by atoms with Gasteiger partial charge >= 0.3 is 6.09 Å². The van der Waals surface area contributed by atoms with Gasteiger partial charge in [0.25, 0.3) is 0 Å². The molecule has 3 amide bonds. The highest BCUT2D eigenvalue weighted by Gasteiger charge is 2.29. The predicted octanol–water partition coefficient (Wildman–Crippen LogP) is -0.639. The lowest BCUT2D eigenvalue weighted by Crippen LogP contribution is -2.47. The van der Waals surface area contributed by atoms with E-state index in [1.807, 2.05) is 5.32 Å². The average Bonchev–Trinajstić information content (AvgIpc) is 2.21. The van der Waals surface area contributed by atoms with Crippen molar-refractivity contribution in [2.75, 3.05) is 6.54 Å². The Labute approximate surface area is 91.4 Å². The van der Waals surface area contributed by atoms with Crippen molar-refractivity contribution >= 4 is 24.2 Å². The summed E-state index contributed by atoms with van der Waals surface area (Å²) in [5.41, 5.74) is 0. The quantitative estimate of drug-likeness (QED) is 0.481. The van der Waals surface area contributed by atoms with Crippen LogP contribution < -0.4 is 5.32 Å². The molecule has 1 heterocycles. The molecule has 0 aromatic carbocycles. The van der Waals surface area contributed by atoms with E-state index < -0.39 is 12.1 Å². The second-order valence-corrected chi connectivity index (χ2v) is 3.42. The summed E-state index contributed by atoms with van der Waals surface area (Å²) in [7, 11) is 0. The first-order valence-electron chi connectivity index (χ1n) is 4.82. The SMILES string of the molecule is O=CC(CCC(=O)N1CCC1=O)NC(=O)O. The van der Waals surface area contributed by atoms with Crippen molar-refractivity contribution in [3.8, 4) is 0 Å². The summed E-state index contributed by atoms with van der Waals surface area (Å²) in [5.74, 6) is -0.589. The van der Waals surface area contributed by atoms with Crippen molar-refractivity contribution in [1.82, 2.24) is 10.2 Å². The summed E-state index contributed by atoms with van der Waals surface area (Å²) in [6.45, 7) is 0.412. The smallest absolute Gasteiger partial charge is 0.405 e. The molecule has 7 heteroatoms. The Morgan fingerprint density at radius 3 is 2.62 bits per heavy atom. The second kappa shape index (κ2) is 5.24. The molecular weight excluding hydrogens is 216 g/mol. The molecule has 0 aromatic heterocycles. The van der Waals surface area contributed by atoms with Gasteiger partial charge in [-0.3, -0.25) is 14.5 Å². The number of nitrogens with zero attached hydrogens (tertiary/aromatic N) is 1. The summed E-state index contributed by atoms with van der Waals surface area (Å²) in [6.07, 6.45) is -0.465. The zero-order chi connectivity index (χ0) is 12.1. The molecule has 0 spiro atoms. The lowest BCUT2D eigenvalue weighted by Gasteiger charge is -2.28. The number of carbonyl (C=O) groups is 4. The van der Waals surface area contributed by atoms with Crippen LogP contribution >= 0.6 is 0 Å². The molecule has 1 aliphatic heterocycles. The van der Waals surface area contributed by atoms with Gasteiger partial charge in [-0.05, 0) is 6.42 Å². The Balaban J connectivity index is 2.31. The van der Waals surface area contributed by atoms with Gasteiger partial charge in [0.05, 0.1) is 6.04 Å². The van der Waals surface area contributed by atoms with Gasteiger partial charge in [-0.25, -0.2) is 4.79 Å². The molecule has 1 fully saturated rings. The summed E-state index contributed by atoms with van der Waals surface area (Å²) < 4.78 is 0. The minimum atomic E-state index is -1.32. The Morgan fingerprint density at radius 2 is 2.25 bits per heavy atom. The molecule has 1 rings (SSSR count). The van der Waals surface area contributed by atoms with Crippen LogP contribution in [-0.2, 0) is 14.4 Å². The molecule has 1 aliphatic rings. The van der Waals surface area contributed by atoms with Crippen molar-refractivity contribution in [1.29, 1.82) is 0 Å². The number of nitrogens with one attached hydrogen (secondary N) is 1. The zero-order valence-electron chi connectivity index (χ0n) is 8.51. The highest BCUT2D eigenvalue weighted by Crippen LogP contribution is 2.11. The topological polar surface area (TPSA) is 104 Å². The molecule has 1 unspecified atom stereocenters. The maximum Gasteiger partial charge on any atom is 0.405 e. The number of hydrogen-bond acceptors (Lipinski definition) is 4. The normalized spacial score (nSPS) is 16.2. The Hall–Kier alpha value is -1.92. The molecule has 88 valence electrons. The number of carboxylic acid groups (broad SMARTS) is 1. The summed E-state index contributed by atoms with van der Waals surface area (Å²) in [4.78, 5) is 44.0. The number of imide groups is 1. The van der Waals surface area contributed by atoms with E-state index in [0.29, 0.717) is 19.3 Å².